The van der Waals surface area contributed by atoms with Gasteiger partial charge in [-0.2, -0.15) is 0 Å². The van der Waals surface area contributed by atoms with Gasteiger partial charge in [0, 0.05) is 39.6 Å². The molecule has 0 radical (unpaired) electrons. The van der Waals surface area contributed by atoms with Crippen LogP contribution >= 0.6 is 0 Å². The second kappa shape index (κ2) is 12.4. The minimum atomic E-state index is -0.130. The van der Waals surface area contributed by atoms with E-state index in [0.717, 1.165) is 61.7 Å². The van der Waals surface area contributed by atoms with E-state index in [1.165, 1.54) is 44.1 Å². The molecule has 2 aliphatic rings. The minimum absolute atomic E-state index is 0.0252. The Morgan fingerprint density at radius 3 is 1.58 bits per heavy atom. The number of anilines is 3. The van der Waals surface area contributed by atoms with Gasteiger partial charge in [0.1, 0.15) is 22.5 Å². The Labute approximate surface area is 348 Å². The zero-order chi connectivity index (χ0) is 41.6. The van der Waals surface area contributed by atoms with Crippen LogP contribution in [-0.2, 0) is 21.7 Å². The highest BCUT2D eigenvalue weighted by Crippen LogP contribution is 2.45. The fraction of sp³-hybridized carbons (Fsp3) is 0.308. The normalized spacial score (nSPS) is 14.2. The molecule has 0 aliphatic carbocycles. The maximum Gasteiger partial charge on any atom is 0.256 e. The Morgan fingerprint density at radius 2 is 1.00 bits per heavy atom. The maximum absolute atomic E-state index is 7.20. The molecular weight excluding hydrogens is 723 g/mol. The first kappa shape index (κ1) is 37.5. The van der Waals surface area contributed by atoms with Gasteiger partial charge in [0.15, 0.2) is 0 Å². The molecule has 59 heavy (non-hydrogen) atoms. The van der Waals surface area contributed by atoms with Crippen LogP contribution in [0.2, 0.25) is 0 Å². The van der Waals surface area contributed by atoms with Crippen LogP contribution in [0.4, 0.5) is 17.1 Å². The summed E-state index contributed by atoms with van der Waals surface area (Å²) in [6.07, 6.45) is 0. The largest absolute Gasteiger partial charge is 0.458 e. The molecule has 8 aromatic rings. The molecule has 0 atom stereocenters. The molecule has 296 valence electrons. The van der Waals surface area contributed by atoms with Crippen molar-refractivity contribution < 1.29 is 9.37 Å². The van der Waals surface area contributed by atoms with E-state index < -0.39 is 0 Å². The zero-order valence-corrected chi connectivity index (χ0v) is 36.5. The first-order valence-electron chi connectivity index (χ1n) is 21.0. The molecule has 0 bridgehead atoms. The molecule has 0 unspecified atom stereocenters. The van der Waals surface area contributed by atoms with Crippen molar-refractivity contribution in [2.75, 3.05) is 4.90 Å². The molecule has 0 saturated heterocycles. The topological polar surface area (TPSA) is 56.3 Å². The molecule has 0 fully saturated rings. The molecule has 0 saturated carbocycles. The molecular formula is C52H53BN4O2. The first-order chi connectivity index (χ1) is 27.8. The number of ether oxygens (including phenoxy) is 1. The van der Waals surface area contributed by atoms with Crippen LogP contribution in [0.5, 0.6) is 11.5 Å². The third-order valence-corrected chi connectivity index (χ3v) is 12.7. The first-order valence-corrected chi connectivity index (χ1v) is 21.0. The number of hydrogen-bond donors (Lipinski definition) is 0. The second-order valence-corrected chi connectivity index (χ2v) is 21.0. The highest BCUT2D eigenvalue weighted by molar-refractivity contribution is 6.99. The van der Waals surface area contributed by atoms with Crippen molar-refractivity contribution >= 4 is 73.0 Å². The standard InChI is InChI=1S/C52H53BN4O2/c1-49(2,3)30-13-17-34(18-14-30)56-44-29-41-40(54-59-55-41)28-39(44)53-38-20-19-35(27-46(38)58-47-26-33(52(10,11)12)25-45(56)48(47)53)57-42-21-15-31(50(4,5)6)23-36(42)37-24-32(51(7,8)9)16-22-43(37)57/h13-29H,1-12H3. The van der Waals surface area contributed by atoms with Gasteiger partial charge in [-0.15, -0.1) is 0 Å². The average Bonchev–Trinajstić information content (AvgIpc) is 3.76. The smallest absolute Gasteiger partial charge is 0.256 e. The number of benzene rings is 6. The van der Waals surface area contributed by atoms with Crippen LogP contribution < -0.4 is 26.0 Å². The van der Waals surface area contributed by atoms with E-state index in [1.54, 1.807) is 0 Å². The summed E-state index contributed by atoms with van der Waals surface area (Å²) in [5.41, 5.74) is 16.7. The Hall–Kier alpha value is -5.82. The second-order valence-electron chi connectivity index (χ2n) is 21.0. The van der Waals surface area contributed by atoms with Crippen molar-refractivity contribution in [3.63, 3.8) is 0 Å². The number of aromatic nitrogens is 3. The predicted molar refractivity (Wildman–Crippen MR) is 247 cm³/mol. The van der Waals surface area contributed by atoms with Crippen molar-refractivity contribution in [2.24, 2.45) is 0 Å². The van der Waals surface area contributed by atoms with Crippen molar-refractivity contribution in [1.29, 1.82) is 0 Å². The van der Waals surface area contributed by atoms with E-state index >= 15 is 0 Å². The van der Waals surface area contributed by atoms with E-state index in [1.807, 2.05) is 0 Å². The Balaban J connectivity index is 1.21. The Morgan fingerprint density at radius 1 is 0.458 bits per heavy atom. The van der Waals surface area contributed by atoms with Crippen LogP contribution in [0.25, 0.3) is 38.5 Å². The number of hydrogen-bond acceptors (Lipinski definition) is 5. The maximum atomic E-state index is 7.20. The summed E-state index contributed by atoms with van der Waals surface area (Å²) < 4.78 is 14.9. The van der Waals surface area contributed by atoms with Gasteiger partial charge in [-0.25, -0.2) is 4.63 Å². The summed E-state index contributed by atoms with van der Waals surface area (Å²) in [5.74, 6) is 1.74. The zero-order valence-electron chi connectivity index (χ0n) is 36.5. The van der Waals surface area contributed by atoms with Gasteiger partial charge in [-0.05, 0) is 137 Å². The highest BCUT2D eigenvalue weighted by Gasteiger charge is 2.43. The lowest BCUT2D eigenvalue weighted by Gasteiger charge is -2.41. The molecule has 2 aromatic heterocycles. The summed E-state index contributed by atoms with van der Waals surface area (Å²) in [5, 5.41) is 11.2. The van der Waals surface area contributed by atoms with Crippen molar-refractivity contribution in [1.82, 2.24) is 14.9 Å². The van der Waals surface area contributed by atoms with Gasteiger partial charge < -0.3 is 14.2 Å². The van der Waals surface area contributed by atoms with Gasteiger partial charge in [-0.3, -0.25) is 0 Å². The van der Waals surface area contributed by atoms with Crippen molar-refractivity contribution in [3.8, 4) is 17.2 Å². The van der Waals surface area contributed by atoms with Gasteiger partial charge in [0.2, 0.25) is 0 Å². The van der Waals surface area contributed by atoms with Gasteiger partial charge >= 0.3 is 0 Å². The molecule has 6 aromatic carbocycles. The van der Waals surface area contributed by atoms with E-state index in [9.17, 15) is 0 Å². The van der Waals surface area contributed by atoms with Gasteiger partial charge in [0.05, 0.1) is 11.0 Å². The molecule has 0 spiro atoms. The van der Waals surface area contributed by atoms with Crippen LogP contribution in [0.15, 0.2) is 108 Å². The Kier molecular flexibility index (Phi) is 7.84. The monoisotopic (exact) mass is 776 g/mol. The van der Waals surface area contributed by atoms with Crippen molar-refractivity contribution in [3.05, 3.63) is 125 Å². The van der Waals surface area contributed by atoms with Gasteiger partial charge in [-0.1, -0.05) is 113 Å². The number of rotatable bonds is 2. The lowest BCUT2D eigenvalue weighted by atomic mass is 9.34. The fourth-order valence-corrected chi connectivity index (χ4v) is 9.20. The summed E-state index contributed by atoms with van der Waals surface area (Å²) in [4.78, 5) is 2.39. The molecule has 2 aliphatic heterocycles. The average molecular weight is 777 g/mol. The fourth-order valence-electron chi connectivity index (χ4n) is 9.20. The number of fused-ring (bicyclic) bond motifs is 8. The van der Waals surface area contributed by atoms with E-state index in [2.05, 4.69) is 206 Å². The van der Waals surface area contributed by atoms with E-state index in [-0.39, 0.29) is 28.4 Å². The molecule has 0 amide bonds. The molecule has 6 nitrogen and oxygen atoms in total. The van der Waals surface area contributed by atoms with Crippen LogP contribution in [0, 0.1) is 0 Å². The summed E-state index contributed by atoms with van der Waals surface area (Å²) >= 11 is 0. The van der Waals surface area contributed by atoms with E-state index in [4.69, 9.17) is 9.37 Å². The van der Waals surface area contributed by atoms with Crippen molar-refractivity contribution in [2.45, 2.75) is 105 Å². The molecule has 7 heteroatoms. The Bertz CT molecular complexity index is 2940. The summed E-state index contributed by atoms with van der Waals surface area (Å²) in [6, 6.07) is 38.8. The van der Waals surface area contributed by atoms with Crippen LogP contribution in [0.3, 0.4) is 0 Å². The summed E-state index contributed by atoms with van der Waals surface area (Å²) in [6.45, 7) is 27.2. The number of nitrogens with zero attached hydrogens (tertiary/aromatic N) is 4. The highest BCUT2D eigenvalue weighted by atomic mass is 16.6. The minimum Gasteiger partial charge on any atom is -0.458 e. The lowest BCUT2D eigenvalue weighted by molar-refractivity contribution is 0.315. The summed E-state index contributed by atoms with van der Waals surface area (Å²) in [7, 11) is 0. The van der Waals surface area contributed by atoms with Crippen LogP contribution in [-0.4, -0.2) is 21.6 Å². The van der Waals surface area contributed by atoms with Gasteiger partial charge in [0.25, 0.3) is 6.71 Å². The molecule has 0 N–H and O–H groups in total. The molecule has 4 heterocycles. The third kappa shape index (κ3) is 5.91. The quantitative estimate of drug-likeness (QED) is 0.164. The molecule has 10 rings (SSSR count). The predicted octanol–water partition coefficient (Wildman–Crippen LogP) is 11.9. The van der Waals surface area contributed by atoms with E-state index in [0.29, 0.717) is 0 Å². The third-order valence-electron chi connectivity index (χ3n) is 12.7. The van der Waals surface area contributed by atoms with Crippen LogP contribution in [0.1, 0.15) is 105 Å². The lowest BCUT2D eigenvalue weighted by Crippen LogP contribution is -2.59. The SMILES string of the molecule is CC(C)(C)c1ccc(N2c3cc4nonc4cc3B3c4ccc(-n5c6ccc(C(C)(C)C)cc6c6cc(C(C)(C)C)ccc65)cc4Oc4cc(C(C)(C)C)cc2c43)cc1.